The van der Waals surface area contributed by atoms with Gasteiger partial charge in [0, 0.05) is 18.1 Å². The van der Waals surface area contributed by atoms with E-state index in [2.05, 4.69) is 0 Å². The number of carbonyl (C=O) groups excluding carboxylic acids is 5. The van der Waals surface area contributed by atoms with Gasteiger partial charge in [0.15, 0.2) is 5.12 Å². The second kappa shape index (κ2) is 13.8. The summed E-state index contributed by atoms with van der Waals surface area (Å²) < 4.78 is 13.7. The molecule has 0 saturated heterocycles. The Bertz CT molecular complexity index is 656. The smallest absolute Gasteiger partial charge is 0.371 e. The van der Waals surface area contributed by atoms with E-state index in [-0.39, 0.29) is 41.0 Å². The minimum Gasteiger partial charge on any atom is -0.463 e. The van der Waals surface area contributed by atoms with E-state index in [0.29, 0.717) is 11.8 Å². The lowest BCUT2D eigenvalue weighted by atomic mass is 9.97. The third-order valence-electron chi connectivity index (χ3n) is 3.87. The third-order valence-corrected chi connectivity index (χ3v) is 6.22. The second-order valence-corrected chi connectivity index (χ2v) is 10.9. The first-order valence-corrected chi connectivity index (χ1v) is 11.9. The van der Waals surface area contributed by atoms with Crippen molar-refractivity contribution in [2.45, 2.75) is 72.7 Å². The maximum absolute atomic E-state index is 12.8. The number of ether oxygens (including phenoxy) is 3. The van der Waals surface area contributed by atoms with Gasteiger partial charge in [-0.05, 0) is 39.5 Å². The summed E-state index contributed by atoms with van der Waals surface area (Å²) in [5, 5.41) is -0.858. The molecule has 10 heteroatoms. The lowest BCUT2D eigenvalue weighted by Crippen LogP contribution is -2.35. The number of esters is 2. The van der Waals surface area contributed by atoms with Crippen molar-refractivity contribution in [3.05, 3.63) is 0 Å². The van der Waals surface area contributed by atoms with E-state index in [1.54, 1.807) is 55.4 Å². The van der Waals surface area contributed by atoms with Crippen molar-refractivity contribution in [2.75, 3.05) is 12.5 Å². The molecule has 1 atom stereocenters. The van der Waals surface area contributed by atoms with E-state index in [9.17, 15) is 24.0 Å². The van der Waals surface area contributed by atoms with Crippen molar-refractivity contribution in [3.8, 4) is 0 Å². The molecule has 0 aromatic heterocycles. The Morgan fingerprint density at radius 2 is 1.42 bits per heavy atom. The third kappa shape index (κ3) is 12.2. The highest BCUT2D eigenvalue weighted by molar-refractivity contribution is 8.15. The molecule has 8 nitrogen and oxygen atoms in total. The van der Waals surface area contributed by atoms with Crippen molar-refractivity contribution in [1.29, 1.82) is 0 Å². The molecule has 0 amide bonds. The van der Waals surface area contributed by atoms with Gasteiger partial charge in [-0.15, -0.1) is 0 Å². The molecule has 0 saturated carbocycles. The van der Waals surface area contributed by atoms with Crippen LogP contribution >= 0.6 is 23.5 Å². The summed E-state index contributed by atoms with van der Waals surface area (Å²) >= 11 is 1.63. The van der Waals surface area contributed by atoms with Crippen LogP contribution in [0.2, 0.25) is 0 Å². The van der Waals surface area contributed by atoms with Gasteiger partial charge < -0.3 is 14.2 Å². The molecule has 31 heavy (non-hydrogen) atoms. The zero-order chi connectivity index (χ0) is 24.4. The van der Waals surface area contributed by atoms with Crippen LogP contribution < -0.4 is 0 Å². The molecule has 0 rings (SSSR count). The van der Waals surface area contributed by atoms with E-state index in [4.69, 9.17) is 14.2 Å². The van der Waals surface area contributed by atoms with Crippen LogP contribution in [0.15, 0.2) is 0 Å². The number of hydrogen-bond donors (Lipinski definition) is 0. The van der Waals surface area contributed by atoms with E-state index >= 15 is 0 Å². The van der Waals surface area contributed by atoms with Gasteiger partial charge in [0.25, 0.3) is 0 Å². The molecule has 0 aromatic rings. The lowest BCUT2D eigenvalue weighted by Gasteiger charge is -2.24. The maximum Gasteiger partial charge on any atom is 0.371 e. The summed E-state index contributed by atoms with van der Waals surface area (Å²) in [5.74, 6) is -2.68. The Balaban J connectivity index is 4.97. The number of Topliss-reactive ketones (excluding diaryl/α,β-unsaturated/α-hetero) is 1. The summed E-state index contributed by atoms with van der Waals surface area (Å²) in [7, 11) is 0. The highest BCUT2D eigenvalue weighted by atomic mass is 32.2. The molecule has 178 valence electrons. The van der Waals surface area contributed by atoms with Crippen molar-refractivity contribution in [2.24, 2.45) is 17.8 Å². The van der Waals surface area contributed by atoms with Crippen LogP contribution in [0.1, 0.15) is 61.8 Å². The number of thioether (sulfide) groups is 2. The molecule has 0 aliphatic heterocycles. The average molecular weight is 479 g/mol. The van der Waals surface area contributed by atoms with Gasteiger partial charge in [-0.2, -0.15) is 0 Å². The lowest BCUT2D eigenvalue weighted by molar-refractivity contribution is -0.155. The summed E-state index contributed by atoms with van der Waals surface area (Å²) in [6.07, 6.45) is -0.540. The number of rotatable bonds is 12. The normalized spacial score (nSPS) is 12.6. The van der Waals surface area contributed by atoms with Gasteiger partial charge in [0.1, 0.15) is 5.78 Å². The Hall–Kier alpha value is -1.55. The Morgan fingerprint density at radius 1 is 0.839 bits per heavy atom. The molecule has 0 aliphatic carbocycles. The minimum atomic E-state index is -1.19. The highest BCUT2D eigenvalue weighted by Gasteiger charge is 2.36. The topological polar surface area (TPSA) is 113 Å². The maximum atomic E-state index is 12.8. The zero-order valence-electron chi connectivity index (χ0n) is 19.5. The van der Waals surface area contributed by atoms with Crippen molar-refractivity contribution in [3.63, 3.8) is 0 Å². The molecule has 0 unspecified atom stereocenters. The molecule has 0 N–H and O–H groups in total. The molecular weight excluding hydrogens is 444 g/mol. The summed E-state index contributed by atoms with van der Waals surface area (Å²) in [6, 6.07) is 0. The molecule has 0 aliphatic rings. The van der Waals surface area contributed by atoms with Crippen LogP contribution in [0.25, 0.3) is 0 Å². The van der Waals surface area contributed by atoms with Gasteiger partial charge in [-0.3, -0.25) is 19.2 Å². The number of hydrogen-bond acceptors (Lipinski definition) is 10. The molecular formula is C21H34O8S2. The van der Waals surface area contributed by atoms with Crippen molar-refractivity contribution >= 4 is 51.7 Å². The zero-order valence-corrected chi connectivity index (χ0v) is 21.1. The molecule has 0 aromatic carbocycles. The molecule has 0 bridgehead atoms. The highest BCUT2D eigenvalue weighted by Crippen LogP contribution is 2.31. The van der Waals surface area contributed by atoms with Crippen LogP contribution in [0.5, 0.6) is 0 Å². The van der Waals surface area contributed by atoms with E-state index in [1.165, 1.54) is 0 Å². The minimum absolute atomic E-state index is 0.0806. The van der Waals surface area contributed by atoms with E-state index < -0.39 is 34.7 Å². The van der Waals surface area contributed by atoms with Crippen LogP contribution in [-0.4, -0.2) is 51.5 Å². The van der Waals surface area contributed by atoms with Gasteiger partial charge in [-0.25, -0.2) is 4.79 Å². The van der Waals surface area contributed by atoms with Crippen molar-refractivity contribution in [1.82, 2.24) is 0 Å². The van der Waals surface area contributed by atoms with Crippen LogP contribution in [0.3, 0.4) is 0 Å². The van der Waals surface area contributed by atoms with Crippen LogP contribution in [0.4, 0.5) is 4.79 Å². The van der Waals surface area contributed by atoms with Crippen LogP contribution in [0, 0.1) is 17.8 Å². The largest absolute Gasteiger partial charge is 0.463 e. The molecule has 0 radical (unpaired) electrons. The first kappa shape index (κ1) is 29.5. The Kier molecular flexibility index (Phi) is 13.1. The van der Waals surface area contributed by atoms with Gasteiger partial charge in [0.2, 0.25) is 6.79 Å². The fourth-order valence-electron chi connectivity index (χ4n) is 1.95. The van der Waals surface area contributed by atoms with Gasteiger partial charge in [0.05, 0.1) is 22.7 Å². The van der Waals surface area contributed by atoms with E-state index in [0.717, 1.165) is 11.8 Å². The van der Waals surface area contributed by atoms with E-state index in [1.807, 2.05) is 0 Å². The summed E-state index contributed by atoms with van der Waals surface area (Å²) in [4.78, 5) is 60.6. The predicted octanol–water partition coefficient (Wildman–Crippen LogP) is 4.23. The number of ketones is 1. The molecule has 0 heterocycles. The van der Waals surface area contributed by atoms with Gasteiger partial charge >= 0.3 is 17.2 Å². The average Bonchev–Trinajstić information content (AvgIpc) is 2.62. The summed E-state index contributed by atoms with van der Waals surface area (Å²) in [6.45, 7) is 12.7. The quantitative estimate of drug-likeness (QED) is 0.298. The Morgan fingerprint density at radius 3 is 1.90 bits per heavy atom. The Labute approximate surface area is 192 Å². The predicted molar refractivity (Wildman–Crippen MR) is 121 cm³/mol. The fraction of sp³-hybridized carbons (Fsp3) is 0.762. The van der Waals surface area contributed by atoms with Crippen LogP contribution in [-0.2, 0) is 33.4 Å². The summed E-state index contributed by atoms with van der Waals surface area (Å²) in [5.41, 5.74) is 0. The standard InChI is InChI=1S/C21H34O8S2/c1-12(2)17(23)27-11-28-20(26)31-21(7,8)16(22)9-15(18(24)29-14(5)6)10-30-19(25)13(3)4/h12-15H,9-11H2,1-8H3/t15-/m0/s1. The second-order valence-electron chi connectivity index (χ2n) is 8.34. The first-order valence-electron chi connectivity index (χ1n) is 10.1. The van der Waals surface area contributed by atoms with Crippen molar-refractivity contribution < 1.29 is 38.2 Å². The fourth-order valence-corrected chi connectivity index (χ4v) is 3.63. The molecule has 0 fully saturated rings. The first-order chi connectivity index (χ1) is 14.2. The van der Waals surface area contributed by atoms with Gasteiger partial charge in [-0.1, -0.05) is 39.5 Å². The molecule has 0 spiro atoms. The monoisotopic (exact) mass is 478 g/mol. The SMILES string of the molecule is CC(C)OC(=O)[C@H](CSC(=O)C(C)C)CC(=O)C(C)(C)SC(=O)OCOC(=O)C(C)C. The number of carbonyl (C=O) groups is 5.